The maximum atomic E-state index is 11.7. The van der Waals surface area contributed by atoms with E-state index in [0.717, 1.165) is 5.56 Å². The number of hydrogen-bond acceptors (Lipinski definition) is 3. The molecule has 4 heteroatoms. The number of benzene rings is 2. The quantitative estimate of drug-likeness (QED) is 0.660. The predicted molar refractivity (Wildman–Crippen MR) is 79.5 cm³/mol. The average Bonchev–Trinajstić information content (AvgIpc) is 2.48. The molecule has 0 heterocycles. The van der Waals surface area contributed by atoms with E-state index in [1.54, 1.807) is 6.08 Å². The second kappa shape index (κ2) is 6.89. The molecule has 0 aromatic heterocycles. The minimum absolute atomic E-state index is 0.121. The zero-order chi connectivity index (χ0) is 14.2. The van der Waals surface area contributed by atoms with Gasteiger partial charge in [-0.25, -0.2) is 5.43 Å². The first-order chi connectivity index (χ1) is 9.75. The fourth-order valence-corrected chi connectivity index (χ4v) is 1.53. The Hall–Kier alpha value is -2.88. The first-order valence-corrected chi connectivity index (χ1v) is 6.10. The van der Waals surface area contributed by atoms with Crippen molar-refractivity contribution in [3.63, 3.8) is 0 Å². The van der Waals surface area contributed by atoms with E-state index in [4.69, 9.17) is 5.11 Å². The van der Waals surface area contributed by atoms with E-state index in [2.05, 4.69) is 10.5 Å². The van der Waals surface area contributed by atoms with Gasteiger partial charge >= 0.3 is 0 Å². The van der Waals surface area contributed by atoms with Gasteiger partial charge in [0.1, 0.15) is 5.75 Å². The Morgan fingerprint density at radius 1 is 1.05 bits per heavy atom. The lowest BCUT2D eigenvalue weighted by Gasteiger charge is -1.98. The molecule has 1 amide bonds. The number of amides is 1. The molecule has 0 bridgehead atoms. The first-order valence-electron chi connectivity index (χ1n) is 6.10. The Kier molecular flexibility index (Phi) is 4.67. The van der Waals surface area contributed by atoms with Gasteiger partial charge in [-0.15, -0.1) is 0 Å². The summed E-state index contributed by atoms with van der Waals surface area (Å²) < 4.78 is 0. The number of carbonyl (C=O) groups excluding carboxylic acids is 1. The maximum absolute atomic E-state index is 11.7. The monoisotopic (exact) mass is 266 g/mol. The molecule has 0 aliphatic rings. The van der Waals surface area contributed by atoms with Gasteiger partial charge in [0.25, 0.3) is 5.91 Å². The minimum Gasteiger partial charge on any atom is -0.508 e. The van der Waals surface area contributed by atoms with Crippen molar-refractivity contribution in [2.75, 3.05) is 0 Å². The summed E-state index contributed by atoms with van der Waals surface area (Å²) in [7, 11) is 0. The van der Waals surface area contributed by atoms with Crippen molar-refractivity contribution < 1.29 is 9.90 Å². The number of rotatable bonds is 4. The zero-order valence-corrected chi connectivity index (χ0v) is 10.7. The predicted octanol–water partition coefficient (Wildman–Crippen LogP) is 2.82. The second-order valence-electron chi connectivity index (χ2n) is 4.04. The highest BCUT2D eigenvalue weighted by molar-refractivity contribution is 5.94. The summed E-state index contributed by atoms with van der Waals surface area (Å²) in [6, 6.07) is 15.7. The molecular weight excluding hydrogens is 252 g/mol. The molecule has 0 spiro atoms. The number of hydrazone groups is 1. The molecule has 0 aliphatic carbocycles. The lowest BCUT2D eigenvalue weighted by atomic mass is 10.2. The van der Waals surface area contributed by atoms with Gasteiger partial charge in [-0.1, -0.05) is 36.4 Å². The highest BCUT2D eigenvalue weighted by atomic mass is 16.3. The first kappa shape index (κ1) is 13.5. The topological polar surface area (TPSA) is 61.7 Å². The summed E-state index contributed by atoms with van der Waals surface area (Å²) in [5, 5.41) is 12.9. The maximum Gasteiger partial charge on any atom is 0.271 e. The van der Waals surface area contributed by atoms with Crippen molar-refractivity contribution >= 4 is 18.2 Å². The van der Waals surface area contributed by atoms with Crippen molar-refractivity contribution in [3.05, 3.63) is 71.8 Å². The van der Waals surface area contributed by atoms with E-state index in [0.29, 0.717) is 5.56 Å². The van der Waals surface area contributed by atoms with Gasteiger partial charge in [-0.2, -0.15) is 5.10 Å². The number of phenolic OH excluding ortho intramolecular Hbond substituents is 1. The van der Waals surface area contributed by atoms with Crippen LogP contribution in [0.1, 0.15) is 15.9 Å². The van der Waals surface area contributed by atoms with Gasteiger partial charge in [-0.05, 0) is 35.9 Å². The summed E-state index contributed by atoms with van der Waals surface area (Å²) in [5.74, 6) is -0.204. The summed E-state index contributed by atoms with van der Waals surface area (Å²) in [6.45, 7) is 0. The van der Waals surface area contributed by atoms with Crippen LogP contribution < -0.4 is 5.43 Å². The van der Waals surface area contributed by atoms with Crippen molar-refractivity contribution in [1.82, 2.24) is 5.43 Å². The standard InChI is InChI=1S/C16H14N2O2/c19-15-10-8-14(9-11-15)16(20)18-17-12-4-7-13-5-2-1-3-6-13/h1-12,19H,(H,18,20)/b7-4?,17-12+. The van der Waals surface area contributed by atoms with E-state index < -0.39 is 0 Å². The smallest absolute Gasteiger partial charge is 0.271 e. The van der Waals surface area contributed by atoms with Crippen molar-refractivity contribution in [1.29, 1.82) is 0 Å². The highest BCUT2D eigenvalue weighted by Gasteiger charge is 2.02. The van der Waals surface area contributed by atoms with Gasteiger partial charge in [0.05, 0.1) is 0 Å². The third-order valence-electron chi connectivity index (χ3n) is 2.54. The van der Waals surface area contributed by atoms with Crippen molar-refractivity contribution in [2.24, 2.45) is 5.10 Å². The molecule has 0 fully saturated rings. The average molecular weight is 266 g/mol. The van der Waals surface area contributed by atoms with Gasteiger partial charge in [-0.3, -0.25) is 4.79 Å². The Labute approximate surface area is 117 Å². The Bertz CT molecular complexity index is 617. The Balaban J connectivity index is 1.86. The molecule has 2 aromatic rings. The van der Waals surface area contributed by atoms with Crippen LogP contribution in [0, 0.1) is 0 Å². The fourth-order valence-electron chi connectivity index (χ4n) is 1.53. The molecule has 0 radical (unpaired) electrons. The van der Waals surface area contributed by atoms with Gasteiger partial charge in [0, 0.05) is 11.8 Å². The molecule has 20 heavy (non-hydrogen) atoms. The summed E-state index contributed by atoms with van der Waals surface area (Å²) in [5.41, 5.74) is 3.90. The summed E-state index contributed by atoms with van der Waals surface area (Å²) in [4.78, 5) is 11.7. The molecule has 2 N–H and O–H groups in total. The molecule has 4 nitrogen and oxygen atoms in total. The third-order valence-corrected chi connectivity index (χ3v) is 2.54. The number of aromatic hydroxyl groups is 1. The third kappa shape index (κ3) is 4.10. The molecule has 2 aromatic carbocycles. The van der Waals surface area contributed by atoms with Crippen LogP contribution in [-0.2, 0) is 0 Å². The number of carbonyl (C=O) groups is 1. The largest absolute Gasteiger partial charge is 0.508 e. The van der Waals surface area contributed by atoms with Crippen molar-refractivity contribution in [3.8, 4) is 5.75 Å². The van der Waals surface area contributed by atoms with Crippen LogP contribution in [-0.4, -0.2) is 17.2 Å². The second-order valence-corrected chi connectivity index (χ2v) is 4.04. The zero-order valence-electron chi connectivity index (χ0n) is 10.7. The normalized spacial score (nSPS) is 11.0. The molecule has 0 saturated heterocycles. The van der Waals surface area contributed by atoms with Gasteiger partial charge in [0.2, 0.25) is 0 Å². The number of phenols is 1. The van der Waals surface area contributed by atoms with E-state index in [1.807, 2.05) is 36.4 Å². The van der Waals surface area contributed by atoms with Crippen LogP contribution in [0.2, 0.25) is 0 Å². The summed E-state index contributed by atoms with van der Waals surface area (Å²) >= 11 is 0. The fraction of sp³-hybridized carbons (Fsp3) is 0. The van der Waals surface area contributed by atoms with Crippen LogP contribution >= 0.6 is 0 Å². The van der Waals surface area contributed by atoms with E-state index in [9.17, 15) is 4.79 Å². The number of allylic oxidation sites excluding steroid dienone is 1. The van der Waals surface area contributed by atoms with E-state index in [1.165, 1.54) is 30.5 Å². The molecule has 0 saturated carbocycles. The van der Waals surface area contributed by atoms with Crippen LogP contribution in [0.3, 0.4) is 0 Å². The van der Waals surface area contributed by atoms with Crippen LogP contribution in [0.15, 0.2) is 65.8 Å². The van der Waals surface area contributed by atoms with Crippen molar-refractivity contribution in [2.45, 2.75) is 0 Å². The highest BCUT2D eigenvalue weighted by Crippen LogP contribution is 2.09. The Morgan fingerprint density at radius 3 is 2.45 bits per heavy atom. The van der Waals surface area contributed by atoms with Crippen LogP contribution in [0.25, 0.3) is 6.08 Å². The SMILES string of the molecule is O=C(N/N=C/C=Cc1ccccc1)c1ccc(O)cc1. The molecule has 0 atom stereocenters. The van der Waals surface area contributed by atoms with Crippen LogP contribution in [0.5, 0.6) is 5.75 Å². The van der Waals surface area contributed by atoms with E-state index in [-0.39, 0.29) is 11.7 Å². The molecule has 0 unspecified atom stereocenters. The van der Waals surface area contributed by atoms with Crippen LogP contribution in [0.4, 0.5) is 0 Å². The number of nitrogens with one attached hydrogen (secondary N) is 1. The lowest BCUT2D eigenvalue weighted by Crippen LogP contribution is -2.16. The Morgan fingerprint density at radius 2 is 1.75 bits per heavy atom. The lowest BCUT2D eigenvalue weighted by molar-refractivity contribution is 0.0955. The van der Waals surface area contributed by atoms with Gasteiger partial charge in [0.15, 0.2) is 0 Å². The van der Waals surface area contributed by atoms with E-state index >= 15 is 0 Å². The molecule has 0 aliphatic heterocycles. The summed E-state index contributed by atoms with van der Waals surface area (Å²) in [6.07, 6.45) is 5.13. The molecule has 2 rings (SSSR count). The minimum atomic E-state index is -0.325. The number of hydrogen-bond donors (Lipinski definition) is 2. The number of nitrogens with zero attached hydrogens (tertiary/aromatic N) is 1. The molecule has 100 valence electrons. The van der Waals surface area contributed by atoms with Gasteiger partial charge < -0.3 is 5.11 Å². The molecular formula is C16H14N2O2.